The van der Waals surface area contributed by atoms with Crippen LogP contribution in [0, 0.1) is 6.92 Å². The Morgan fingerprint density at radius 2 is 2.18 bits per heavy atom. The summed E-state index contributed by atoms with van der Waals surface area (Å²) in [7, 11) is 0. The van der Waals surface area contributed by atoms with E-state index >= 15 is 0 Å². The van der Waals surface area contributed by atoms with Crippen molar-refractivity contribution in [1.29, 1.82) is 0 Å². The predicted molar refractivity (Wildman–Crippen MR) is 66.8 cm³/mol. The highest BCUT2D eigenvalue weighted by molar-refractivity contribution is 5.49. The lowest BCUT2D eigenvalue weighted by atomic mass is 10.2. The molecule has 0 fully saturated rings. The third-order valence-electron chi connectivity index (χ3n) is 2.46. The minimum atomic E-state index is -0.123. The van der Waals surface area contributed by atoms with Gasteiger partial charge in [0, 0.05) is 18.0 Å². The highest BCUT2D eigenvalue weighted by Crippen LogP contribution is 2.12. The summed E-state index contributed by atoms with van der Waals surface area (Å²) in [5.41, 5.74) is 2.50. The summed E-state index contributed by atoms with van der Waals surface area (Å²) >= 11 is 0. The molecule has 0 spiro atoms. The quantitative estimate of drug-likeness (QED) is 0.876. The number of aromatic nitrogens is 3. The second kappa shape index (κ2) is 4.91. The van der Waals surface area contributed by atoms with Crippen molar-refractivity contribution in [1.82, 2.24) is 15.0 Å². The van der Waals surface area contributed by atoms with E-state index in [-0.39, 0.29) is 5.56 Å². The second-order valence-electron chi connectivity index (χ2n) is 4.05. The Balaban J connectivity index is 2.48. The van der Waals surface area contributed by atoms with Gasteiger partial charge in [-0.3, -0.25) is 9.78 Å². The molecule has 0 aliphatic carbocycles. The molecule has 0 aliphatic rings. The molecule has 4 nitrogen and oxygen atoms in total. The molecule has 88 valence electrons. The van der Waals surface area contributed by atoms with E-state index in [1.807, 2.05) is 19.1 Å². The zero-order chi connectivity index (χ0) is 12.3. The molecule has 0 saturated carbocycles. The molecule has 17 heavy (non-hydrogen) atoms. The molecule has 0 bridgehead atoms. The number of hydrogen-bond acceptors (Lipinski definition) is 3. The molecule has 0 aromatic carbocycles. The number of pyridine rings is 1. The number of H-pyrrole nitrogens is 1. The monoisotopic (exact) mass is 229 g/mol. The van der Waals surface area contributed by atoms with Crippen molar-refractivity contribution in [3.05, 3.63) is 46.0 Å². The van der Waals surface area contributed by atoms with Crippen molar-refractivity contribution in [3.8, 4) is 11.5 Å². The molecule has 2 aromatic rings. The van der Waals surface area contributed by atoms with Gasteiger partial charge in [-0.2, -0.15) is 0 Å². The summed E-state index contributed by atoms with van der Waals surface area (Å²) in [5.74, 6) is 0.546. The summed E-state index contributed by atoms with van der Waals surface area (Å²) in [6.45, 7) is 4.05. The van der Waals surface area contributed by atoms with Crippen molar-refractivity contribution >= 4 is 0 Å². The largest absolute Gasteiger partial charge is 0.305 e. The topological polar surface area (TPSA) is 58.6 Å². The van der Waals surface area contributed by atoms with Crippen molar-refractivity contribution in [3.63, 3.8) is 0 Å². The molecule has 2 aromatic heterocycles. The van der Waals surface area contributed by atoms with Crippen molar-refractivity contribution in [2.24, 2.45) is 0 Å². The number of aromatic amines is 1. The minimum absolute atomic E-state index is 0.123. The Morgan fingerprint density at radius 1 is 1.35 bits per heavy atom. The van der Waals surface area contributed by atoms with E-state index in [4.69, 9.17) is 0 Å². The van der Waals surface area contributed by atoms with Gasteiger partial charge in [-0.25, -0.2) is 4.98 Å². The molecule has 0 saturated heterocycles. The molecule has 0 radical (unpaired) electrons. The van der Waals surface area contributed by atoms with Gasteiger partial charge in [0.15, 0.2) is 5.82 Å². The van der Waals surface area contributed by atoms with E-state index in [1.165, 1.54) is 0 Å². The second-order valence-corrected chi connectivity index (χ2v) is 4.05. The number of hydrogen-bond donors (Lipinski definition) is 1. The van der Waals surface area contributed by atoms with Crippen LogP contribution in [0.5, 0.6) is 0 Å². The van der Waals surface area contributed by atoms with E-state index in [0.29, 0.717) is 11.5 Å². The highest BCUT2D eigenvalue weighted by Gasteiger charge is 2.04. The predicted octanol–water partition coefficient (Wildman–Crippen LogP) is 2.09. The first kappa shape index (κ1) is 11.5. The van der Waals surface area contributed by atoms with Crippen LogP contribution in [0.2, 0.25) is 0 Å². The summed E-state index contributed by atoms with van der Waals surface area (Å²) in [5, 5.41) is 0. The normalized spacial score (nSPS) is 10.5. The summed E-state index contributed by atoms with van der Waals surface area (Å²) in [6.07, 6.45) is 3.50. The Bertz CT molecular complexity index is 575. The van der Waals surface area contributed by atoms with Gasteiger partial charge in [-0.15, -0.1) is 0 Å². The van der Waals surface area contributed by atoms with Crippen LogP contribution in [-0.4, -0.2) is 15.0 Å². The fourth-order valence-electron chi connectivity index (χ4n) is 1.68. The van der Waals surface area contributed by atoms with Gasteiger partial charge in [0.05, 0.1) is 0 Å². The number of nitrogens with one attached hydrogen (secondary N) is 1. The molecule has 0 amide bonds. The van der Waals surface area contributed by atoms with Gasteiger partial charge in [-0.05, 0) is 31.0 Å². The van der Waals surface area contributed by atoms with Crippen LogP contribution in [-0.2, 0) is 6.42 Å². The molecule has 1 N–H and O–H groups in total. The van der Waals surface area contributed by atoms with Crippen molar-refractivity contribution in [2.75, 3.05) is 0 Å². The van der Waals surface area contributed by atoms with Gasteiger partial charge < -0.3 is 4.98 Å². The lowest BCUT2D eigenvalue weighted by Crippen LogP contribution is -2.10. The third-order valence-corrected chi connectivity index (χ3v) is 2.46. The first-order chi connectivity index (χ1) is 8.19. The SMILES string of the molecule is CCCc1cc(=O)[nH]c(-c2cc(C)ccn2)n1. The first-order valence-electron chi connectivity index (χ1n) is 5.72. The maximum Gasteiger partial charge on any atom is 0.251 e. The van der Waals surface area contributed by atoms with Crippen LogP contribution in [0.4, 0.5) is 0 Å². The standard InChI is InChI=1S/C13H15N3O/c1-3-4-10-8-12(17)16-13(15-10)11-7-9(2)5-6-14-11/h5-8H,3-4H2,1-2H3,(H,15,16,17). The van der Waals surface area contributed by atoms with Crippen LogP contribution < -0.4 is 5.56 Å². The zero-order valence-corrected chi connectivity index (χ0v) is 10.0. The van der Waals surface area contributed by atoms with E-state index in [0.717, 1.165) is 24.1 Å². The molecule has 0 aliphatic heterocycles. The summed E-state index contributed by atoms with van der Waals surface area (Å²) < 4.78 is 0. The van der Waals surface area contributed by atoms with Gasteiger partial charge in [0.2, 0.25) is 0 Å². The highest BCUT2D eigenvalue weighted by atomic mass is 16.1. The summed E-state index contributed by atoms with van der Waals surface area (Å²) in [4.78, 5) is 22.9. The number of aryl methyl sites for hydroxylation is 2. The summed E-state index contributed by atoms with van der Waals surface area (Å²) in [6, 6.07) is 5.37. The van der Waals surface area contributed by atoms with Crippen molar-refractivity contribution < 1.29 is 0 Å². The fraction of sp³-hybridized carbons (Fsp3) is 0.308. The lowest BCUT2D eigenvalue weighted by Gasteiger charge is -2.03. The van der Waals surface area contributed by atoms with Crippen LogP contribution >= 0.6 is 0 Å². The van der Waals surface area contributed by atoms with Gasteiger partial charge in [0.25, 0.3) is 5.56 Å². The molecular formula is C13H15N3O. The van der Waals surface area contributed by atoms with Crippen molar-refractivity contribution in [2.45, 2.75) is 26.7 Å². The molecule has 2 rings (SSSR count). The van der Waals surface area contributed by atoms with E-state index in [2.05, 4.69) is 21.9 Å². The average molecular weight is 229 g/mol. The van der Waals surface area contributed by atoms with Crippen LogP contribution in [0.25, 0.3) is 11.5 Å². The smallest absolute Gasteiger partial charge is 0.251 e. The lowest BCUT2D eigenvalue weighted by molar-refractivity contribution is 0.868. The molecule has 0 atom stereocenters. The first-order valence-corrected chi connectivity index (χ1v) is 5.72. The van der Waals surface area contributed by atoms with Crippen LogP contribution in [0.15, 0.2) is 29.2 Å². The maximum absolute atomic E-state index is 11.5. The average Bonchev–Trinajstić information content (AvgIpc) is 2.28. The number of nitrogens with zero attached hydrogens (tertiary/aromatic N) is 2. The van der Waals surface area contributed by atoms with E-state index < -0.39 is 0 Å². The number of rotatable bonds is 3. The Kier molecular flexibility index (Phi) is 3.32. The fourth-order valence-corrected chi connectivity index (χ4v) is 1.68. The van der Waals surface area contributed by atoms with Gasteiger partial charge >= 0.3 is 0 Å². The maximum atomic E-state index is 11.5. The van der Waals surface area contributed by atoms with Gasteiger partial charge in [0.1, 0.15) is 5.69 Å². The third kappa shape index (κ3) is 2.78. The zero-order valence-electron chi connectivity index (χ0n) is 10.0. The van der Waals surface area contributed by atoms with Crippen LogP contribution in [0.3, 0.4) is 0 Å². The van der Waals surface area contributed by atoms with E-state index in [1.54, 1.807) is 12.3 Å². The Labute approximate surface area is 99.8 Å². The molecule has 4 heteroatoms. The molecule has 2 heterocycles. The Hall–Kier alpha value is -1.97. The molecular weight excluding hydrogens is 214 g/mol. The van der Waals surface area contributed by atoms with Crippen LogP contribution in [0.1, 0.15) is 24.6 Å². The Morgan fingerprint density at radius 3 is 2.88 bits per heavy atom. The molecule has 0 unspecified atom stereocenters. The van der Waals surface area contributed by atoms with Gasteiger partial charge in [-0.1, -0.05) is 13.3 Å². The van der Waals surface area contributed by atoms with E-state index in [9.17, 15) is 4.79 Å². The minimum Gasteiger partial charge on any atom is -0.305 e.